The third-order valence-corrected chi connectivity index (χ3v) is 3.85. The molecule has 3 aromatic rings. The van der Waals surface area contributed by atoms with E-state index in [4.69, 9.17) is 5.11 Å². The van der Waals surface area contributed by atoms with Gasteiger partial charge in [-0.2, -0.15) is 0 Å². The summed E-state index contributed by atoms with van der Waals surface area (Å²) in [5.41, 5.74) is 2.19. The van der Waals surface area contributed by atoms with Crippen LogP contribution in [0.25, 0.3) is 11.2 Å². The van der Waals surface area contributed by atoms with Gasteiger partial charge in [-0.1, -0.05) is 17.3 Å². The molecule has 0 atom stereocenters. The number of aromatic nitrogens is 5. The molecule has 0 aliphatic carbocycles. The minimum atomic E-state index is -0.266. The van der Waals surface area contributed by atoms with Gasteiger partial charge in [-0.3, -0.25) is 0 Å². The summed E-state index contributed by atoms with van der Waals surface area (Å²) in [6.45, 7) is 3.25. The maximum Gasteiger partial charge on any atom is 0.184 e. The van der Waals surface area contributed by atoms with Crippen molar-refractivity contribution in [3.63, 3.8) is 0 Å². The average molecular weight is 344 g/mol. The van der Waals surface area contributed by atoms with Crippen LogP contribution in [0, 0.1) is 12.7 Å². The lowest BCUT2D eigenvalue weighted by atomic mass is 10.2. The molecule has 2 N–H and O–H groups in total. The van der Waals surface area contributed by atoms with Crippen LogP contribution in [-0.2, 0) is 6.54 Å². The molecule has 8 heteroatoms. The van der Waals surface area contributed by atoms with Crippen molar-refractivity contribution in [3.05, 3.63) is 41.5 Å². The molecule has 0 amide bonds. The second-order valence-electron chi connectivity index (χ2n) is 5.88. The van der Waals surface area contributed by atoms with Crippen LogP contribution in [-0.4, -0.2) is 43.2 Å². The molecule has 7 nitrogen and oxygen atoms in total. The molecule has 2 aromatic heterocycles. The molecule has 0 spiro atoms. The molecule has 25 heavy (non-hydrogen) atoms. The Labute approximate surface area is 144 Å². The summed E-state index contributed by atoms with van der Waals surface area (Å²) in [4.78, 5) is 8.86. The zero-order valence-electron chi connectivity index (χ0n) is 14.1. The van der Waals surface area contributed by atoms with Crippen molar-refractivity contribution in [3.8, 4) is 0 Å². The van der Waals surface area contributed by atoms with Gasteiger partial charge in [-0.25, -0.2) is 19.0 Å². The second kappa shape index (κ2) is 7.98. The molecular weight excluding hydrogens is 323 g/mol. The van der Waals surface area contributed by atoms with Gasteiger partial charge in [0, 0.05) is 13.2 Å². The van der Waals surface area contributed by atoms with Crippen LogP contribution in [0.4, 0.5) is 10.2 Å². The van der Waals surface area contributed by atoms with E-state index in [-0.39, 0.29) is 12.4 Å². The molecule has 0 unspecified atom stereocenters. The van der Waals surface area contributed by atoms with Crippen LogP contribution in [0.15, 0.2) is 24.3 Å². The fourth-order valence-corrected chi connectivity index (χ4v) is 2.58. The lowest BCUT2D eigenvalue weighted by Crippen LogP contribution is -2.07. The number of hydrogen-bond acceptors (Lipinski definition) is 6. The number of nitrogens with zero attached hydrogens (tertiary/aromatic N) is 5. The first-order valence-electron chi connectivity index (χ1n) is 8.34. The summed E-state index contributed by atoms with van der Waals surface area (Å²) in [5, 5.41) is 20.5. The van der Waals surface area contributed by atoms with Gasteiger partial charge in [-0.15, -0.1) is 5.10 Å². The van der Waals surface area contributed by atoms with E-state index in [9.17, 15) is 4.39 Å². The number of benzene rings is 1. The molecule has 0 bridgehead atoms. The van der Waals surface area contributed by atoms with Gasteiger partial charge >= 0.3 is 0 Å². The number of rotatable bonds is 8. The standard InChI is InChI=1S/C17H21FN6O/c1-12-20-16(19-9-3-2-4-10-25)15-17(21-12)24(23-22-15)11-13-5-7-14(18)8-6-13/h5-8,25H,2-4,9-11H2,1H3,(H,19,20,21). The van der Waals surface area contributed by atoms with Gasteiger partial charge in [0.1, 0.15) is 11.6 Å². The Morgan fingerprint density at radius 3 is 2.68 bits per heavy atom. The van der Waals surface area contributed by atoms with Gasteiger partial charge in [-0.05, 0) is 43.9 Å². The van der Waals surface area contributed by atoms with E-state index in [0.29, 0.717) is 29.4 Å². The fourth-order valence-electron chi connectivity index (χ4n) is 2.58. The minimum Gasteiger partial charge on any atom is -0.396 e. The molecule has 132 valence electrons. The minimum absolute atomic E-state index is 0.217. The highest BCUT2D eigenvalue weighted by Crippen LogP contribution is 2.18. The van der Waals surface area contributed by atoms with Crippen LogP contribution in [0.2, 0.25) is 0 Å². The first-order valence-corrected chi connectivity index (χ1v) is 8.34. The van der Waals surface area contributed by atoms with Crippen LogP contribution in [0.3, 0.4) is 0 Å². The van der Waals surface area contributed by atoms with Crippen molar-refractivity contribution in [2.24, 2.45) is 0 Å². The van der Waals surface area contributed by atoms with Crippen LogP contribution < -0.4 is 5.32 Å². The zero-order valence-corrected chi connectivity index (χ0v) is 14.1. The van der Waals surface area contributed by atoms with E-state index in [1.807, 2.05) is 6.92 Å². The van der Waals surface area contributed by atoms with E-state index in [1.54, 1.807) is 16.8 Å². The van der Waals surface area contributed by atoms with Crippen molar-refractivity contribution >= 4 is 17.0 Å². The Bertz CT molecular complexity index is 833. The summed E-state index contributed by atoms with van der Waals surface area (Å²) in [5.74, 6) is 1.03. The molecule has 0 radical (unpaired) electrons. The molecule has 0 saturated heterocycles. The van der Waals surface area contributed by atoms with Crippen molar-refractivity contribution in [1.29, 1.82) is 0 Å². The number of fused-ring (bicyclic) bond motifs is 1. The molecule has 0 fully saturated rings. The van der Waals surface area contributed by atoms with Crippen molar-refractivity contribution in [1.82, 2.24) is 25.0 Å². The van der Waals surface area contributed by atoms with Gasteiger partial charge in [0.15, 0.2) is 17.0 Å². The van der Waals surface area contributed by atoms with Crippen molar-refractivity contribution < 1.29 is 9.50 Å². The predicted molar refractivity (Wildman–Crippen MR) is 92.8 cm³/mol. The van der Waals surface area contributed by atoms with Crippen LogP contribution in [0.1, 0.15) is 30.7 Å². The van der Waals surface area contributed by atoms with Gasteiger partial charge in [0.25, 0.3) is 0 Å². The predicted octanol–water partition coefficient (Wildman–Crippen LogP) is 2.29. The second-order valence-corrected chi connectivity index (χ2v) is 5.88. The normalized spacial score (nSPS) is 11.2. The maximum absolute atomic E-state index is 13.0. The van der Waals surface area contributed by atoms with E-state index in [1.165, 1.54) is 12.1 Å². The Morgan fingerprint density at radius 2 is 1.92 bits per heavy atom. The summed E-state index contributed by atoms with van der Waals surface area (Å²) in [7, 11) is 0. The maximum atomic E-state index is 13.0. The highest BCUT2D eigenvalue weighted by atomic mass is 19.1. The fraction of sp³-hybridized carbons (Fsp3) is 0.412. The van der Waals surface area contributed by atoms with Gasteiger partial charge in [0.05, 0.1) is 6.54 Å². The smallest absolute Gasteiger partial charge is 0.184 e. The highest BCUT2D eigenvalue weighted by Gasteiger charge is 2.13. The molecule has 1 aromatic carbocycles. The Kier molecular flexibility index (Phi) is 5.49. The van der Waals surface area contributed by atoms with E-state index < -0.39 is 0 Å². The lowest BCUT2D eigenvalue weighted by molar-refractivity contribution is 0.283. The summed E-state index contributed by atoms with van der Waals surface area (Å²) in [6, 6.07) is 6.29. The van der Waals surface area contributed by atoms with E-state index in [2.05, 4.69) is 25.6 Å². The SMILES string of the molecule is Cc1nc(NCCCCCO)c2nnn(Cc3ccc(F)cc3)c2n1. The Balaban J connectivity index is 1.78. The lowest BCUT2D eigenvalue weighted by Gasteiger charge is -2.07. The van der Waals surface area contributed by atoms with Crippen molar-refractivity contribution in [2.45, 2.75) is 32.7 Å². The number of aliphatic hydroxyl groups is 1. The number of nitrogens with one attached hydrogen (secondary N) is 1. The Hall–Kier alpha value is -2.61. The number of halogens is 1. The number of hydrogen-bond donors (Lipinski definition) is 2. The van der Waals surface area contributed by atoms with E-state index >= 15 is 0 Å². The van der Waals surface area contributed by atoms with Crippen LogP contribution in [0.5, 0.6) is 0 Å². The quantitative estimate of drug-likeness (QED) is 0.610. The number of anilines is 1. The zero-order chi connectivity index (χ0) is 17.6. The monoisotopic (exact) mass is 344 g/mol. The number of unbranched alkanes of at least 4 members (excludes halogenated alkanes) is 2. The topological polar surface area (TPSA) is 88.8 Å². The van der Waals surface area contributed by atoms with E-state index in [0.717, 1.165) is 31.4 Å². The van der Waals surface area contributed by atoms with Gasteiger partial charge in [0.2, 0.25) is 0 Å². The molecule has 0 aliphatic rings. The average Bonchev–Trinajstić information content (AvgIpc) is 2.99. The highest BCUT2D eigenvalue weighted by molar-refractivity contribution is 5.82. The molecule has 0 saturated carbocycles. The summed E-state index contributed by atoms with van der Waals surface area (Å²) in [6.07, 6.45) is 2.69. The largest absolute Gasteiger partial charge is 0.396 e. The molecule has 3 rings (SSSR count). The number of aliphatic hydroxyl groups excluding tert-OH is 1. The van der Waals surface area contributed by atoms with Crippen LogP contribution >= 0.6 is 0 Å². The van der Waals surface area contributed by atoms with Crippen molar-refractivity contribution in [2.75, 3.05) is 18.5 Å². The third-order valence-electron chi connectivity index (χ3n) is 3.85. The molecule has 2 heterocycles. The summed E-state index contributed by atoms with van der Waals surface area (Å²) >= 11 is 0. The number of aryl methyl sites for hydroxylation is 1. The Morgan fingerprint density at radius 1 is 1.12 bits per heavy atom. The molecule has 0 aliphatic heterocycles. The van der Waals surface area contributed by atoms with Gasteiger partial charge < -0.3 is 10.4 Å². The first-order chi connectivity index (χ1) is 12.2. The molecular formula is C17H21FN6O. The summed E-state index contributed by atoms with van der Waals surface area (Å²) < 4.78 is 14.7. The first kappa shape index (κ1) is 17.2. The third kappa shape index (κ3) is 4.27.